The summed E-state index contributed by atoms with van der Waals surface area (Å²) in [5.41, 5.74) is 0. The van der Waals surface area contributed by atoms with Crippen LogP contribution < -0.4 is 34.7 Å². The molecule has 8 heteroatoms. The smallest absolute Gasteiger partial charge is 0.549 e. The SMILES string of the molecule is O=C([O-])CN(C(CO)CO)C(CO)CO.[Na+]. The Morgan fingerprint density at radius 3 is 1.50 bits per heavy atom. The molecule has 16 heavy (non-hydrogen) atoms. The fourth-order valence-corrected chi connectivity index (χ4v) is 1.24. The zero-order chi connectivity index (χ0) is 11.8. The third kappa shape index (κ3) is 6.12. The van der Waals surface area contributed by atoms with Crippen molar-refractivity contribution in [3.63, 3.8) is 0 Å². The molecular weight excluding hydrogens is 229 g/mol. The number of rotatable bonds is 8. The Labute approximate surface area is 116 Å². The number of carboxylic acid groups (broad SMARTS) is 1. The third-order valence-corrected chi connectivity index (χ3v) is 2.09. The van der Waals surface area contributed by atoms with E-state index in [0.717, 1.165) is 4.90 Å². The predicted molar refractivity (Wildman–Crippen MR) is 47.6 cm³/mol. The van der Waals surface area contributed by atoms with Crippen LogP contribution in [0.4, 0.5) is 0 Å². The van der Waals surface area contributed by atoms with Crippen LogP contribution in [0.15, 0.2) is 0 Å². The Balaban J connectivity index is 0. The Bertz CT molecular complexity index is 173. The second-order valence-corrected chi connectivity index (χ2v) is 3.08. The minimum absolute atomic E-state index is 0. The molecule has 0 aliphatic heterocycles. The summed E-state index contributed by atoms with van der Waals surface area (Å²) in [7, 11) is 0. The summed E-state index contributed by atoms with van der Waals surface area (Å²) in [5, 5.41) is 45.9. The van der Waals surface area contributed by atoms with Gasteiger partial charge in [-0.25, -0.2) is 0 Å². The predicted octanol–water partition coefficient (Wildman–Crippen LogP) is -7.25. The van der Waals surface area contributed by atoms with Gasteiger partial charge < -0.3 is 30.3 Å². The Kier molecular flexibility index (Phi) is 12.1. The first-order valence-corrected chi connectivity index (χ1v) is 4.49. The second-order valence-electron chi connectivity index (χ2n) is 3.08. The number of carbonyl (C=O) groups excluding carboxylic acids is 1. The van der Waals surface area contributed by atoms with Gasteiger partial charge in [-0.3, -0.25) is 4.90 Å². The maximum Gasteiger partial charge on any atom is 1.00 e. The molecule has 0 aliphatic rings. The molecule has 4 N–H and O–H groups in total. The molecule has 0 rings (SSSR count). The molecule has 0 aromatic rings. The van der Waals surface area contributed by atoms with Gasteiger partial charge in [-0.1, -0.05) is 0 Å². The van der Waals surface area contributed by atoms with Gasteiger partial charge in [0, 0.05) is 6.54 Å². The van der Waals surface area contributed by atoms with Crippen LogP contribution in [-0.2, 0) is 4.79 Å². The molecule has 0 aromatic heterocycles. The van der Waals surface area contributed by atoms with Gasteiger partial charge in [0.2, 0.25) is 0 Å². The van der Waals surface area contributed by atoms with E-state index in [-0.39, 0.29) is 29.6 Å². The van der Waals surface area contributed by atoms with E-state index in [1.807, 2.05) is 0 Å². The Morgan fingerprint density at radius 1 is 1.00 bits per heavy atom. The topological polar surface area (TPSA) is 124 Å². The van der Waals surface area contributed by atoms with Crippen molar-refractivity contribution in [3.8, 4) is 0 Å². The molecule has 7 nitrogen and oxygen atoms in total. The van der Waals surface area contributed by atoms with Crippen LogP contribution in [0, 0.1) is 0 Å². The van der Waals surface area contributed by atoms with Gasteiger partial charge in [0.05, 0.1) is 44.5 Å². The van der Waals surface area contributed by atoms with Gasteiger partial charge in [-0.05, 0) is 0 Å². The molecular formula is C8H16NNaO6. The molecule has 0 aromatic carbocycles. The molecule has 0 spiro atoms. The average Bonchev–Trinajstić information content (AvgIpc) is 2.20. The van der Waals surface area contributed by atoms with Gasteiger partial charge in [-0.2, -0.15) is 0 Å². The molecule has 0 atom stereocenters. The quantitative estimate of drug-likeness (QED) is 0.313. The summed E-state index contributed by atoms with van der Waals surface area (Å²) >= 11 is 0. The van der Waals surface area contributed by atoms with E-state index < -0.39 is 51.0 Å². The normalized spacial score (nSPS) is 10.9. The molecule has 0 amide bonds. The Morgan fingerprint density at radius 2 is 1.31 bits per heavy atom. The summed E-state index contributed by atoms with van der Waals surface area (Å²) in [4.78, 5) is 11.5. The Hall–Kier alpha value is 0.270. The number of aliphatic hydroxyl groups is 4. The van der Waals surface area contributed by atoms with E-state index in [9.17, 15) is 9.90 Å². The number of carboxylic acids is 1. The molecule has 0 bridgehead atoms. The van der Waals surface area contributed by atoms with Crippen molar-refractivity contribution in [1.29, 1.82) is 0 Å². The molecule has 0 aliphatic carbocycles. The van der Waals surface area contributed by atoms with E-state index >= 15 is 0 Å². The van der Waals surface area contributed by atoms with Gasteiger partial charge in [-0.15, -0.1) is 0 Å². The van der Waals surface area contributed by atoms with Crippen LogP contribution in [-0.4, -0.2) is 76.4 Å². The summed E-state index contributed by atoms with van der Waals surface area (Å²) in [5.74, 6) is -1.41. The maximum absolute atomic E-state index is 10.4. The van der Waals surface area contributed by atoms with Crippen molar-refractivity contribution >= 4 is 5.97 Å². The average molecular weight is 245 g/mol. The largest absolute Gasteiger partial charge is 1.00 e. The summed E-state index contributed by atoms with van der Waals surface area (Å²) < 4.78 is 0. The summed E-state index contributed by atoms with van der Waals surface area (Å²) in [6.07, 6.45) is 0. The van der Waals surface area contributed by atoms with Crippen molar-refractivity contribution in [2.45, 2.75) is 12.1 Å². The van der Waals surface area contributed by atoms with Gasteiger partial charge >= 0.3 is 29.6 Å². The third-order valence-electron chi connectivity index (χ3n) is 2.09. The first-order valence-electron chi connectivity index (χ1n) is 4.49. The molecule has 0 unspecified atom stereocenters. The van der Waals surface area contributed by atoms with Gasteiger partial charge in [0.25, 0.3) is 0 Å². The fourth-order valence-electron chi connectivity index (χ4n) is 1.24. The second kappa shape index (κ2) is 10.4. The number of aliphatic hydroxyl groups excluding tert-OH is 4. The molecule has 90 valence electrons. The van der Waals surface area contributed by atoms with Crippen molar-refractivity contribution in [3.05, 3.63) is 0 Å². The van der Waals surface area contributed by atoms with Crippen LogP contribution in [0.5, 0.6) is 0 Å². The van der Waals surface area contributed by atoms with E-state index in [2.05, 4.69) is 0 Å². The summed E-state index contributed by atoms with van der Waals surface area (Å²) in [6, 6.07) is -1.68. The van der Waals surface area contributed by atoms with Crippen LogP contribution in [0.2, 0.25) is 0 Å². The van der Waals surface area contributed by atoms with Crippen molar-refractivity contribution < 1.29 is 59.9 Å². The maximum atomic E-state index is 10.4. The van der Waals surface area contributed by atoms with Crippen LogP contribution >= 0.6 is 0 Å². The van der Waals surface area contributed by atoms with E-state index in [1.165, 1.54) is 0 Å². The minimum atomic E-state index is -1.41. The number of hydrogen-bond donors (Lipinski definition) is 4. The monoisotopic (exact) mass is 245 g/mol. The van der Waals surface area contributed by atoms with E-state index in [0.29, 0.717) is 0 Å². The van der Waals surface area contributed by atoms with E-state index in [4.69, 9.17) is 20.4 Å². The van der Waals surface area contributed by atoms with Gasteiger partial charge in [0.15, 0.2) is 0 Å². The van der Waals surface area contributed by atoms with Crippen LogP contribution in [0.25, 0.3) is 0 Å². The van der Waals surface area contributed by atoms with Crippen LogP contribution in [0.3, 0.4) is 0 Å². The fraction of sp³-hybridized carbons (Fsp3) is 0.875. The molecule has 0 heterocycles. The standard InChI is InChI=1S/C8H17NO6.Na/c10-2-6(3-11)9(1-8(14)15)7(4-12)5-13;/h6-7,10-13H,1-5H2,(H,14,15);/q;+1/p-1. The minimum Gasteiger partial charge on any atom is -0.549 e. The van der Waals surface area contributed by atoms with Crippen LogP contribution in [0.1, 0.15) is 0 Å². The first kappa shape index (κ1) is 18.6. The van der Waals surface area contributed by atoms with Crippen molar-refractivity contribution in [1.82, 2.24) is 4.90 Å². The van der Waals surface area contributed by atoms with E-state index in [1.54, 1.807) is 0 Å². The molecule has 0 saturated carbocycles. The summed E-state index contributed by atoms with van der Waals surface area (Å²) in [6.45, 7) is -2.46. The zero-order valence-corrected chi connectivity index (χ0v) is 11.2. The van der Waals surface area contributed by atoms with Crippen molar-refractivity contribution in [2.24, 2.45) is 0 Å². The van der Waals surface area contributed by atoms with Gasteiger partial charge in [0.1, 0.15) is 0 Å². The molecule has 0 radical (unpaired) electrons. The number of aliphatic carboxylic acids is 1. The number of nitrogens with zero attached hydrogens (tertiary/aromatic N) is 1. The first-order chi connectivity index (χ1) is 7.10. The number of carbonyl (C=O) groups is 1. The molecule has 0 saturated heterocycles. The zero-order valence-electron chi connectivity index (χ0n) is 9.24. The molecule has 0 fully saturated rings. The number of hydrogen-bond acceptors (Lipinski definition) is 7. The van der Waals surface area contributed by atoms with Crippen molar-refractivity contribution in [2.75, 3.05) is 33.0 Å².